The van der Waals surface area contributed by atoms with Crippen molar-refractivity contribution in [3.63, 3.8) is 0 Å². The number of hydrogen-bond donors (Lipinski definition) is 1. The molecule has 3 rings (SSSR count). The van der Waals surface area contributed by atoms with Crippen LogP contribution in [0.15, 0.2) is 51.8 Å². The molecule has 1 aliphatic rings. The van der Waals surface area contributed by atoms with Gasteiger partial charge in [0.1, 0.15) is 0 Å². The van der Waals surface area contributed by atoms with Crippen molar-refractivity contribution < 1.29 is 0 Å². The predicted molar refractivity (Wildman–Crippen MR) is 87.5 cm³/mol. The van der Waals surface area contributed by atoms with Gasteiger partial charge < -0.3 is 5.32 Å². The molecule has 2 aromatic carbocycles. The normalized spacial score (nSPS) is 17.3. The highest BCUT2D eigenvalue weighted by molar-refractivity contribution is 9.10. The van der Waals surface area contributed by atoms with Gasteiger partial charge in [0.05, 0.1) is 0 Å². The number of benzene rings is 2. The summed E-state index contributed by atoms with van der Waals surface area (Å²) in [6.45, 7) is 0.949. The number of thioether (sulfide) groups is 1. The standard InChI is InChI=1S/C15H13BrClNS/c16-13-7-11(17)5-6-14(13)18-8-10-9-19-15-4-2-1-3-12(10)15/h1-7,10,18H,8-9H2. The summed E-state index contributed by atoms with van der Waals surface area (Å²) in [5, 5.41) is 4.25. The van der Waals surface area contributed by atoms with E-state index in [4.69, 9.17) is 11.6 Å². The zero-order valence-electron chi connectivity index (χ0n) is 10.2. The molecule has 98 valence electrons. The second-order valence-electron chi connectivity index (χ2n) is 4.55. The van der Waals surface area contributed by atoms with E-state index in [1.165, 1.54) is 10.5 Å². The van der Waals surface area contributed by atoms with Gasteiger partial charge in [-0.25, -0.2) is 0 Å². The Morgan fingerprint density at radius 3 is 2.95 bits per heavy atom. The lowest BCUT2D eigenvalue weighted by Crippen LogP contribution is -2.12. The minimum absolute atomic E-state index is 0.573. The molecule has 1 nitrogen and oxygen atoms in total. The van der Waals surface area contributed by atoms with Crippen LogP contribution in [0.5, 0.6) is 0 Å². The van der Waals surface area contributed by atoms with E-state index in [0.717, 1.165) is 27.5 Å². The highest BCUT2D eigenvalue weighted by Crippen LogP contribution is 2.39. The third-order valence-corrected chi connectivity index (χ3v) is 5.41. The molecule has 0 fully saturated rings. The maximum Gasteiger partial charge on any atom is 0.0485 e. The molecule has 1 N–H and O–H groups in total. The summed E-state index contributed by atoms with van der Waals surface area (Å²) in [5.41, 5.74) is 2.56. The molecule has 0 amide bonds. The molecule has 4 heteroatoms. The Morgan fingerprint density at radius 1 is 1.26 bits per heavy atom. The summed E-state index contributed by atoms with van der Waals surface area (Å²) in [6.07, 6.45) is 0. The SMILES string of the molecule is Clc1ccc(NCC2CSc3ccccc32)c(Br)c1. The molecule has 0 radical (unpaired) electrons. The van der Waals surface area contributed by atoms with Crippen LogP contribution in [0.3, 0.4) is 0 Å². The van der Waals surface area contributed by atoms with Crippen molar-refractivity contribution >= 4 is 45.0 Å². The largest absolute Gasteiger partial charge is 0.383 e. The summed E-state index contributed by atoms with van der Waals surface area (Å²) >= 11 is 11.4. The van der Waals surface area contributed by atoms with Gasteiger partial charge in [-0.3, -0.25) is 0 Å². The van der Waals surface area contributed by atoms with E-state index in [0.29, 0.717) is 5.92 Å². The number of fused-ring (bicyclic) bond motifs is 1. The van der Waals surface area contributed by atoms with E-state index < -0.39 is 0 Å². The average molecular weight is 355 g/mol. The van der Waals surface area contributed by atoms with Crippen LogP contribution in [-0.2, 0) is 0 Å². The molecule has 1 aliphatic heterocycles. The van der Waals surface area contributed by atoms with Crippen molar-refractivity contribution in [3.8, 4) is 0 Å². The van der Waals surface area contributed by atoms with Gasteiger partial charge in [0, 0.05) is 38.3 Å². The Morgan fingerprint density at radius 2 is 2.11 bits per heavy atom. The van der Waals surface area contributed by atoms with Crippen LogP contribution >= 0.6 is 39.3 Å². The van der Waals surface area contributed by atoms with Crippen molar-refractivity contribution in [1.29, 1.82) is 0 Å². The third-order valence-electron chi connectivity index (χ3n) is 3.27. The Balaban J connectivity index is 1.71. The fourth-order valence-electron chi connectivity index (χ4n) is 2.26. The van der Waals surface area contributed by atoms with E-state index in [1.54, 1.807) is 0 Å². The lowest BCUT2D eigenvalue weighted by Gasteiger charge is -2.14. The lowest BCUT2D eigenvalue weighted by molar-refractivity contribution is 0.818. The first-order chi connectivity index (χ1) is 9.24. The number of halogens is 2. The molecule has 0 aromatic heterocycles. The first kappa shape index (κ1) is 13.3. The predicted octanol–water partition coefficient (Wildman–Crippen LogP) is 5.40. The smallest absolute Gasteiger partial charge is 0.0485 e. The van der Waals surface area contributed by atoms with Gasteiger partial charge in [-0.2, -0.15) is 0 Å². The maximum atomic E-state index is 5.95. The van der Waals surface area contributed by atoms with Gasteiger partial charge in [-0.15, -0.1) is 11.8 Å². The van der Waals surface area contributed by atoms with Crippen molar-refractivity contribution in [2.75, 3.05) is 17.6 Å². The van der Waals surface area contributed by atoms with Crippen LogP contribution in [0.4, 0.5) is 5.69 Å². The zero-order valence-corrected chi connectivity index (χ0v) is 13.4. The van der Waals surface area contributed by atoms with Gasteiger partial charge in [0.2, 0.25) is 0 Å². The summed E-state index contributed by atoms with van der Waals surface area (Å²) < 4.78 is 1.01. The lowest BCUT2D eigenvalue weighted by atomic mass is 10.0. The molecule has 2 aromatic rings. The molecule has 0 saturated heterocycles. The highest BCUT2D eigenvalue weighted by Gasteiger charge is 2.22. The van der Waals surface area contributed by atoms with E-state index >= 15 is 0 Å². The molecule has 1 heterocycles. The average Bonchev–Trinajstić information content (AvgIpc) is 2.81. The Kier molecular flexibility index (Phi) is 4.06. The van der Waals surface area contributed by atoms with Crippen LogP contribution in [0.1, 0.15) is 11.5 Å². The number of anilines is 1. The quantitative estimate of drug-likeness (QED) is 0.791. The summed E-state index contributed by atoms with van der Waals surface area (Å²) in [4.78, 5) is 1.42. The molecule has 0 spiro atoms. The van der Waals surface area contributed by atoms with Crippen molar-refractivity contribution in [2.45, 2.75) is 10.8 Å². The van der Waals surface area contributed by atoms with Crippen molar-refractivity contribution in [3.05, 3.63) is 57.5 Å². The summed E-state index contributed by atoms with van der Waals surface area (Å²) in [7, 11) is 0. The number of hydrogen-bond acceptors (Lipinski definition) is 2. The molecular weight excluding hydrogens is 342 g/mol. The monoisotopic (exact) mass is 353 g/mol. The number of rotatable bonds is 3. The molecular formula is C15H13BrClNS. The summed E-state index contributed by atoms with van der Waals surface area (Å²) in [5.74, 6) is 1.72. The maximum absolute atomic E-state index is 5.95. The van der Waals surface area contributed by atoms with Crippen LogP contribution < -0.4 is 5.32 Å². The van der Waals surface area contributed by atoms with E-state index in [1.807, 2.05) is 30.0 Å². The van der Waals surface area contributed by atoms with Crippen LogP contribution in [0, 0.1) is 0 Å². The molecule has 0 aliphatic carbocycles. The fraction of sp³-hybridized carbons (Fsp3) is 0.200. The molecule has 0 saturated carbocycles. The molecule has 1 atom stereocenters. The van der Waals surface area contributed by atoms with Crippen molar-refractivity contribution in [2.24, 2.45) is 0 Å². The van der Waals surface area contributed by atoms with Crippen LogP contribution in [-0.4, -0.2) is 12.3 Å². The van der Waals surface area contributed by atoms with Gasteiger partial charge in [-0.1, -0.05) is 29.8 Å². The van der Waals surface area contributed by atoms with Gasteiger partial charge in [0.15, 0.2) is 0 Å². The molecule has 1 unspecified atom stereocenters. The molecule has 0 bridgehead atoms. The van der Waals surface area contributed by atoms with E-state index in [-0.39, 0.29) is 0 Å². The summed E-state index contributed by atoms with van der Waals surface area (Å²) in [6, 6.07) is 14.5. The zero-order chi connectivity index (χ0) is 13.2. The van der Waals surface area contributed by atoms with Crippen molar-refractivity contribution in [1.82, 2.24) is 0 Å². The Hall–Kier alpha value is -0.640. The van der Waals surface area contributed by atoms with E-state index in [2.05, 4.69) is 45.5 Å². The minimum Gasteiger partial charge on any atom is -0.383 e. The second-order valence-corrected chi connectivity index (χ2v) is 6.90. The Labute approximate surface area is 130 Å². The first-order valence-electron chi connectivity index (χ1n) is 6.14. The van der Waals surface area contributed by atoms with Crippen LogP contribution in [0.2, 0.25) is 5.02 Å². The van der Waals surface area contributed by atoms with Gasteiger partial charge >= 0.3 is 0 Å². The minimum atomic E-state index is 0.573. The number of nitrogens with one attached hydrogen (secondary N) is 1. The fourth-order valence-corrected chi connectivity index (χ4v) is 4.34. The van der Waals surface area contributed by atoms with E-state index in [9.17, 15) is 0 Å². The topological polar surface area (TPSA) is 12.0 Å². The Bertz CT molecular complexity index is 602. The van der Waals surface area contributed by atoms with Gasteiger partial charge in [-0.05, 0) is 45.8 Å². The second kappa shape index (κ2) is 5.78. The van der Waals surface area contributed by atoms with Crippen LogP contribution in [0.25, 0.3) is 0 Å². The van der Waals surface area contributed by atoms with Gasteiger partial charge in [0.25, 0.3) is 0 Å². The first-order valence-corrected chi connectivity index (χ1v) is 8.30. The molecule has 19 heavy (non-hydrogen) atoms. The third kappa shape index (κ3) is 2.93. The highest BCUT2D eigenvalue weighted by atomic mass is 79.9.